The minimum Gasteiger partial charge on any atom is -0.472 e. The van der Waals surface area contributed by atoms with E-state index in [-0.39, 0.29) is 5.38 Å². The van der Waals surface area contributed by atoms with Crippen LogP contribution >= 0.6 is 11.6 Å². The highest BCUT2D eigenvalue weighted by Crippen LogP contribution is 2.25. The van der Waals surface area contributed by atoms with Gasteiger partial charge in [-0.15, -0.1) is 11.6 Å². The van der Waals surface area contributed by atoms with Gasteiger partial charge in [-0.3, -0.25) is 0 Å². The van der Waals surface area contributed by atoms with Crippen LogP contribution < -0.4 is 0 Å². The third-order valence-electron chi connectivity index (χ3n) is 2.40. The molecule has 2 heteroatoms. The molecule has 0 N–H and O–H groups in total. The molecule has 0 aliphatic rings. The van der Waals surface area contributed by atoms with Crippen molar-refractivity contribution in [3.63, 3.8) is 0 Å². The number of hydrogen-bond donors (Lipinski definition) is 0. The van der Waals surface area contributed by atoms with Crippen LogP contribution in [0.2, 0.25) is 0 Å². The second kappa shape index (κ2) is 4.54. The molecular weight excluding hydrogens is 208 g/mol. The summed E-state index contributed by atoms with van der Waals surface area (Å²) in [5.41, 5.74) is 3.57. The van der Waals surface area contributed by atoms with Crippen LogP contribution in [0, 0.1) is 6.92 Å². The van der Waals surface area contributed by atoms with Crippen LogP contribution in [-0.2, 0) is 6.42 Å². The largest absolute Gasteiger partial charge is 0.472 e. The molecule has 1 atom stereocenters. The van der Waals surface area contributed by atoms with Gasteiger partial charge < -0.3 is 4.42 Å². The Labute approximate surface area is 94.7 Å². The lowest BCUT2D eigenvalue weighted by atomic mass is 10.0. The summed E-state index contributed by atoms with van der Waals surface area (Å²) in [5.74, 6) is 0. The molecule has 0 saturated heterocycles. The summed E-state index contributed by atoms with van der Waals surface area (Å²) < 4.78 is 5.01. The van der Waals surface area contributed by atoms with Gasteiger partial charge in [0.1, 0.15) is 0 Å². The van der Waals surface area contributed by atoms with E-state index in [1.807, 2.05) is 6.07 Å². The van der Waals surface area contributed by atoms with Crippen molar-refractivity contribution in [2.24, 2.45) is 0 Å². The van der Waals surface area contributed by atoms with Crippen LogP contribution in [0.1, 0.15) is 22.1 Å². The van der Waals surface area contributed by atoms with E-state index >= 15 is 0 Å². The van der Waals surface area contributed by atoms with Crippen molar-refractivity contribution in [1.29, 1.82) is 0 Å². The molecule has 1 unspecified atom stereocenters. The van der Waals surface area contributed by atoms with E-state index in [9.17, 15) is 0 Å². The van der Waals surface area contributed by atoms with Gasteiger partial charge in [-0.05, 0) is 25.0 Å². The first-order valence-corrected chi connectivity index (χ1v) is 5.41. The van der Waals surface area contributed by atoms with E-state index < -0.39 is 0 Å². The molecular formula is C13H13ClO. The van der Waals surface area contributed by atoms with Crippen molar-refractivity contribution >= 4 is 11.6 Å². The summed E-state index contributed by atoms with van der Waals surface area (Å²) in [6, 6.07) is 10.3. The second-order valence-electron chi connectivity index (χ2n) is 3.72. The van der Waals surface area contributed by atoms with Crippen molar-refractivity contribution in [1.82, 2.24) is 0 Å². The molecule has 78 valence electrons. The maximum Gasteiger partial charge on any atom is 0.0949 e. The van der Waals surface area contributed by atoms with Crippen molar-refractivity contribution in [2.45, 2.75) is 18.7 Å². The molecule has 0 amide bonds. The van der Waals surface area contributed by atoms with Gasteiger partial charge in [-0.1, -0.05) is 29.8 Å². The van der Waals surface area contributed by atoms with Gasteiger partial charge in [0.25, 0.3) is 0 Å². The molecule has 0 bridgehead atoms. The Kier molecular flexibility index (Phi) is 3.12. The number of alkyl halides is 1. The smallest absolute Gasteiger partial charge is 0.0949 e. The Morgan fingerprint density at radius 2 is 2.20 bits per heavy atom. The normalized spacial score (nSPS) is 12.7. The lowest BCUT2D eigenvalue weighted by Crippen LogP contribution is -1.94. The van der Waals surface area contributed by atoms with Crippen molar-refractivity contribution < 1.29 is 4.42 Å². The van der Waals surface area contributed by atoms with E-state index in [0.29, 0.717) is 0 Å². The molecule has 1 nitrogen and oxygen atoms in total. The van der Waals surface area contributed by atoms with Gasteiger partial charge in [-0.25, -0.2) is 0 Å². The summed E-state index contributed by atoms with van der Waals surface area (Å²) >= 11 is 6.27. The zero-order chi connectivity index (χ0) is 10.7. The van der Waals surface area contributed by atoms with Gasteiger partial charge in [0.15, 0.2) is 0 Å². The van der Waals surface area contributed by atoms with Crippen molar-refractivity contribution in [3.05, 3.63) is 59.5 Å². The summed E-state index contributed by atoms with van der Waals surface area (Å²) in [7, 11) is 0. The first-order valence-electron chi connectivity index (χ1n) is 4.97. The molecule has 15 heavy (non-hydrogen) atoms. The third kappa shape index (κ3) is 2.63. The first-order chi connectivity index (χ1) is 7.25. The lowest BCUT2D eigenvalue weighted by molar-refractivity contribution is 0.563. The molecule has 1 aromatic heterocycles. The average Bonchev–Trinajstić information content (AvgIpc) is 2.70. The number of benzene rings is 1. The second-order valence-corrected chi connectivity index (χ2v) is 4.24. The Morgan fingerprint density at radius 3 is 2.87 bits per heavy atom. The van der Waals surface area contributed by atoms with Crippen LogP contribution in [0.3, 0.4) is 0 Å². The summed E-state index contributed by atoms with van der Waals surface area (Å²) in [5, 5.41) is -0.00875. The molecule has 0 spiro atoms. The monoisotopic (exact) mass is 220 g/mol. The minimum atomic E-state index is -0.00875. The van der Waals surface area contributed by atoms with E-state index in [4.69, 9.17) is 16.0 Å². The first kappa shape index (κ1) is 10.3. The fourth-order valence-electron chi connectivity index (χ4n) is 1.62. The van der Waals surface area contributed by atoms with Gasteiger partial charge >= 0.3 is 0 Å². The van der Waals surface area contributed by atoms with Gasteiger partial charge in [0.05, 0.1) is 17.9 Å². The summed E-state index contributed by atoms with van der Waals surface area (Å²) in [6.07, 6.45) is 4.19. The quantitative estimate of drug-likeness (QED) is 0.710. The molecule has 0 aliphatic carbocycles. The Bertz CT molecular complexity index is 420. The Hall–Kier alpha value is -1.21. The number of hydrogen-bond acceptors (Lipinski definition) is 1. The van der Waals surface area contributed by atoms with Gasteiger partial charge in [-0.2, -0.15) is 0 Å². The number of aryl methyl sites for hydroxylation is 1. The molecule has 1 heterocycles. The van der Waals surface area contributed by atoms with Crippen molar-refractivity contribution in [3.8, 4) is 0 Å². The SMILES string of the molecule is Cc1cccc(CC(Cl)c2ccoc2)c1. The molecule has 0 saturated carbocycles. The maximum atomic E-state index is 6.27. The predicted octanol–water partition coefficient (Wildman–Crippen LogP) is 4.11. The van der Waals surface area contributed by atoms with E-state index in [1.165, 1.54) is 11.1 Å². The maximum absolute atomic E-state index is 6.27. The fourth-order valence-corrected chi connectivity index (χ4v) is 1.92. The van der Waals surface area contributed by atoms with Gasteiger partial charge in [0, 0.05) is 5.56 Å². The summed E-state index contributed by atoms with van der Waals surface area (Å²) in [4.78, 5) is 0. The molecule has 2 aromatic rings. The molecule has 2 rings (SSSR count). The highest BCUT2D eigenvalue weighted by atomic mass is 35.5. The van der Waals surface area contributed by atoms with Crippen LogP contribution in [0.4, 0.5) is 0 Å². The predicted molar refractivity (Wildman–Crippen MR) is 62.2 cm³/mol. The number of halogens is 1. The Balaban J connectivity index is 2.09. The molecule has 1 aromatic carbocycles. The van der Waals surface area contributed by atoms with E-state index in [2.05, 4.69) is 31.2 Å². The standard InChI is InChI=1S/C13H13ClO/c1-10-3-2-4-11(7-10)8-13(14)12-5-6-15-9-12/h2-7,9,13H,8H2,1H3. The molecule has 0 radical (unpaired) electrons. The van der Waals surface area contributed by atoms with E-state index in [1.54, 1.807) is 12.5 Å². The topological polar surface area (TPSA) is 13.1 Å². The minimum absolute atomic E-state index is 0.00875. The average molecular weight is 221 g/mol. The molecule has 0 fully saturated rings. The fraction of sp³-hybridized carbons (Fsp3) is 0.231. The van der Waals surface area contributed by atoms with Crippen molar-refractivity contribution in [2.75, 3.05) is 0 Å². The van der Waals surface area contributed by atoms with E-state index in [0.717, 1.165) is 12.0 Å². The van der Waals surface area contributed by atoms with Crippen LogP contribution in [0.25, 0.3) is 0 Å². The third-order valence-corrected chi connectivity index (χ3v) is 2.81. The Morgan fingerprint density at radius 1 is 1.33 bits per heavy atom. The lowest BCUT2D eigenvalue weighted by Gasteiger charge is -2.07. The van der Waals surface area contributed by atoms with Crippen LogP contribution in [-0.4, -0.2) is 0 Å². The van der Waals surface area contributed by atoms with Gasteiger partial charge in [0.2, 0.25) is 0 Å². The summed E-state index contributed by atoms with van der Waals surface area (Å²) in [6.45, 7) is 2.09. The highest BCUT2D eigenvalue weighted by molar-refractivity contribution is 6.20. The van der Waals surface area contributed by atoms with Crippen LogP contribution in [0.5, 0.6) is 0 Å². The number of furan rings is 1. The molecule has 0 aliphatic heterocycles. The zero-order valence-corrected chi connectivity index (χ0v) is 9.37. The number of rotatable bonds is 3. The highest BCUT2D eigenvalue weighted by Gasteiger charge is 2.09. The zero-order valence-electron chi connectivity index (χ0n) is 8.61. The van der Waals surface area contributed by atoms with Crippen LogP contribution in [0.15, 0.2) is 47.3 Å².